The summed E-state index contributed by atoms with van der Waals surface area (Å²) in [4.78, 5) is 25.5. The average molecular weight is 317 g/mol. The Bertz CT molecular complexity index is 615. The van der Waals surface area contributed by atoms with Crippen molar-refractivity contribution in [1.29, 1.82) is 0 Å². The number of nitrogens with zero attached hydrogens (tertiary/aromatic N) is 1. The van der Waals surface area contributed by atoms with Crippen LogP contribution in [0.2, 0.25) is 0 Å². The third-order valence-electron chi connectivity index (χ3n) is 2.93. The van der Waals surface area contributed by atoms with E-state index in [0.717, 1.165) is 0 Å². The van der Waals surface area contributed by atoms with Crippen LogP contribution in [0.5, 0.6) is 0 Å². The summed E-state index contributed by atoms with van der Waals surface area (Å²) in [6.45, 7) is 1.03. The van der Waals surface area contributed by atoms with Gasteiger partial charge in [-0.1, -0.05) is 11.8 Å². The van der Waals surface area contributed by atoms with Crippen LogP contribution in [-0.4, -0.2) is 51.1 Å². The predicted octanol–water partition coefficient (Wildman–Crippen LogP) is 1.06. The Kier molecular flexibility index (Phi) is 7.81. The van der Waals surface area contributed by atoms with Gasteiger partial charge in [-0.15, -0.1) is 0 Å². The molecule has 0 unspecified atom stereocenters. The van der Waals surface area contributed by atoms with Crippen LogP contribution < -0.4 is 11.1 Å². The topological polar surface area (TPSA) is 84.7 Å². The SMILES string of the molecule is COC(=O)c1ccc(NC(=O)CCCN)cc1C#CCN(C)C. The molecule has 6 heteroatoms. The number of nitrogens with two attached hydrogens (primary N) is 1. The Hall–Kier alpha value is -2.36. The monoisotopic (exact) mass is 317 g/mol. The summed E-state index contributed by atoms with van der Waals surface area (Å²) in [5.41, 5.74) is 6.88. The number of methoxy groups -OCH3 is 1. The van der Waals surface area contributed by atoms with Crippen LogP contribution in [0.4, 0.5) is 5.69 Å². The average Bonchev–Trinajstić information content (AvgIpc) is 2.52. The number of nitrogens with one attached hydrogen (secondary N) is 1. The lowest BCUT2D eigenvalue weighted by atomic mass is 10.1. The highest BCUT2D eigenvalue weighted by Crippen LogP contribution is 2.16. The van der Waals surface area contributed by atoms with Gasteiger partial charge in [0, 0.05) is 17.7 Å². The summed E-state index contributed by atoms with van der Waals surface area (Å²) in [7, 11) is 5.13. The van der Waals surface area contributed by atoms with Gasteiger partial charge in [0.2, 0.25) is 5.91 Å². The summed E-state index contributed by atoms with van der Waals surface area (Å²) >= 11 is 0. The molecule has 124 valence electrons. The van der Waals surface area contributed by atoms with Gasteiger partial charge >= 0.3 is 5.97 Å². The number of benzene rings is 1. The van der Waals surface area contributed by atoms with Crippen LogP contribution >= 0.6 is 0 Å². The molecule has 0 atom stereocenters. The van der Waals surface area contributed by atoms with E-state index in [9.17, 15) is 9.59 Å². The number of hydrogen-bond donors (Lipinski definition) is 2. The van der Waals surface area contributed by atoms with Gasteiger partial charge in [-0.25, -0.2) is 4.79 Å². The van der Waals surface area contributed by atoms with E-state index in [1.807, 2.05) is 19.0 Å². The molecule has 0 aliphatic heterocycles. The van der Waals surface area contributed by atoms with E-state index in [1.54, 1.807) is 18.2 Å². The van der Waals surface area contributed by atoms with Crippen molar-refractivity contribution in [3.8, 4) is 11.8 Å². The van der Waals surface area contributed by atoms with E-state index in [-0.39, 0.29) is 5.91 Å². The quantitative estimate of drug-likeness (QED) is 0.605. The van der Waals surface area contributed by atoms with Crippen LogP contribution in [0.3, 0.4) is 0 Å². The Labute approximate surface area is 137 Å². The first-order valence-corrected chi connectivity index (χ1v) is 7.33. The second kappa shape index (κ2) is 9.62. The van der Waals surface area contributed by atoms with Gasteiger partial charge in [0.05, 0.1) is 19.2 Å². The lowest BCUT2D eigenvalue weighted by molar-refractivity contribution is -0.116. The fourth-order valence-corrected chi connectivity index (χ4v) is 1.79. The van der Waals surface area contributed by atoms with Crippen LogP contribution in [0.1, 0.15) is 28.8 Å². The Morgan fingerprint density at radius 1 is 1.35 bits per heavy atom. The number of hydrogen-bond acceptors (Lipinski definition) is 5. The number of carbonyl (C=O) groups is 2. The zero-order chi connectivity index (χ0) is 17.2. The first kappa shape index (κ1) is 18.7. The second-order valence-corrected chi connectivity index (χ2v) is 5.23. The van der Waals surface area contributed by atoms with Gasteiger partial charge in [-0.2, -0.15) is 0 Å². The molecule has 0 saturated carbocycles. The molecule has 1 aromatic carbocycles. The van der Waals surface area contributed by atoms with E-state index in [2.05, 4.69) is 17.2 Å². The molecule has 0 aliphatic carbocycles. The largest absolute Gasteiger partial charge is 0.465 e. The van der Waals surface area contributed by atoms with E-state index >= 15 is 0 Å². The standard InChI is InChI=1S/C17H23N3O3/c1-20(2)11-5-6-13-12-14(19-16(21)7-4-10-18)8-9-15(13)17(22)23-3/h8-9,12H,4,7,10-11,18H2,1-3H3,(H,19,21). The molecular formula is C17H23N3O3. The molecule has 6 nitrogen and oxygen atoms in total. The van der Waals surface area contributed by atoms with Crippen molar-refractivity contribution in [2.45, 2.75) is 12.8 Å². The minimum atomic E-state index is -0.458. The van der Waals surface area contributed by atoms with Gasteiger partial charge in [-0.05, 0) is 45.3 Å². The third-order valence-corrected chi connectivity index (χ3v) is 2.93. The fraction of sp³-hybridized carbons (Fsp3) is 0.412. The molecule has 1 rings (SSSR count). The van der Waals surface area contributed by atoms with Crippen molar-refractivity contribution in [2.75, 3.05) is 39.6 Å². The van der Waals surface area contributed by atoms with Crippen molar-refractivity contribution in [3.05, 3.63) is 29.3 Å². The number of anilines is 1. The number of ether oxygens (including phenoxy) is 1. The van der Waals surface area contributed by atoms with E-state index in [1.165, 1.54) is 7.11 Å². The molecule has 0 bridgehead atoms. The Morgan fingerprint density at radius 2 is 2.09 bits per heavy atom. The molecule has 0 fully saturated rings. The highest BCUT2D eigenvalue weighted by atomic mass is 16.5. The molecule has 23 heavy (non-hydrogen) atoms. The van der Waals surface area contributed by atoms with Gasteiger partial charge in [0.15, 0.2) is 0 Å². The minimum Gasteiger partial charge on any atom is -0.465 e. The molecular weight excluding hydrogens is 294 g/mol. The van der Waals surface area contributed by atoms with Crippen molar-refractivity contribution < 1.29 is 14.3 Å². The smallest absolute Gasteiger partial charge is 0.339 e. The van der Waals surface area contributed by atoms with Crippen molar-refractivity contribution in [2.24, 2.45) is 5.73 Å². The normalized spacial score (nSPS) is 9.96. The zero-order valence-corrected chi connectivity index (χ0v) is 13.8. The highest BCUT2D eigenvalue weighted by Gasteiger charge is 2.12. The molecule has 0 aliphatic rings. The number of esters is 1. The number of rotatable bonds is 6. The summed E-state index contributed by atoms with van der Waals surface area (Å²) < 4.78 is 4.76. The Balaban J connectivity index is 3.00. The molecule has 0 radical (unpaired) electrons. The molecule has 3 N–H and O–H groups in total. The van der Waals surface area contributed by atoms with E-state index in [4.69, 9.17) is 10.5 Å². The predicted molar refractivity (Wildman–Crippen MR) is 90.1 cm³/mol. The molecule has 1 amide bonds. The summed E-state index contributed by atoms with van der Waals surface area (Å²) in [6, 6.07) is 4.93. The van der Waals surface area contributed by atoms with Crippen molar-refractivity contribution in [3.63, 3.8) is 0 Å². The number of amides is 1. The molecule has 1 aromatic rings. The molecule has 0 saturated heterocycles. The second-order valence-electron chi connectivity index (χ2n) is 5.23. The fourth-order valence-electron chi connectivity index (χ4n) is 1.79. The lowest BCUT2D eigenvalue weighted by Gasteiger charge is -2.08. The van der Waals surface area contributed by atoms with E-state index < -0.39 is 5.97 Å². The molecule has 0 spiro atoms. The maximum absolute atomic E-state index is 11.8. The maximum Gasteiger partial charge on any atom is 0.339 e. The zero-order valence-electron chi connectivity index (χ0n) is 13.8. The molecule has 0 aromatic heterocycles. The van der Waals surface area contributed by atoms with Crippen LogP contribution in [0, 0.1) is 11.8 Å². The minimum absolute atomic E-state index is 0.117. The number of carbonyl (C=O) groups excluding carboxylic acids is 2. The van der Waals surface area contributed by atoms with Gasteiger partial charge in [0.25, 0.3) is 0 Å². The highest BCUT2D eigenvalue weighted by molar-refractivity contribution is 5.95. The van der Waals surface area contributed by atoms with Gasteiger partial charge in [0.1, 0.15) is 0 Å². The summed E-state index contributed by atoms with van der Waals surface area (Å²) in [5.74, 6) is 5.35. The van der Waals surface area contributed by atoms with Crippen molar-refractivity contribution in [1.82, 2.24) is 4.90 Å². The lowest BCUT2D eigenvalue weighted by Crippen LogP contribution is -2.14. The van der Waals surface area contributed by atoms with Crippen molar-refractivity contribution >= 4 is 17.6 Å². The first-order chi connectivity index (χ1) is 11.0. The van der Waals surface area contributed by atoms with Crippen LogP contribution in [0.15, 0.2) is 18.2 Å². The summed E-state index contributed by atoms with van der Waals surface area (Å²) in [5, 5.41) is 2.78. The Morgan fingerprint density at radius 3 is 2.70 bits per heavy atom. The van der Waals surface area contributed by atoms with Gasteiger partial charge in [-0.3, -0.25) is 9.69 Å². The van der Waals surface area contributed by atoms with E-state index in [0.29, 0.717) is 42.7 Å². The first-order valence-electron chi connectivity index (χ1n) is 7.33. The maximum atomic E-state index is 11.8. The van der Waals surface area contributed by atoms with Gasteiger partial charge < -0.3 is 15.8 Å². The third kappa shape index (κ3) is 6.51. The van der Waals surface area contributed by atoms with Crippen LogP contribution in [0.25, 0.3) is 0 Å². The van der Waals surface area contributed by atoms with Crippen LogP contribution in [-0.2, 0) is 9.53 Å². The summed E-state index contributed by atoms with van der Waals surface area (Å²) in [6.07, 6.45) is 0.985. The molecule has 0 heterocycles.